The van der Waals surface area contributed by atoms with Crippen LogP contribution < -0.4 is 10.6 Å². The average Bonchev–Trinajstić information content (AvgIpc) is 1.65. The number of halogens is 1. The van der Waals surface area contributed by atoms with Crippen molar-refractivity contribution in [1.29, 1.82) is 0 Å². The molecule has 0 radical (unpaired) electrons. The minimum atomic E-state index is -4.13. The second kappa shape index (κ2) is 3.33. The molecule has 1 unspecified atom stereocenters. The van der Waals surface area contributed by atoms with Crippen LogP contribution in [0.15, 0.2) is 0 Å². The summed E-state index contributed by atoms with van der Waals surface area (Å²) in [6, 6.07) is 0. The molecule has 0 aromatic carbocycles. The van der Waals surface area contributed by atoms with Gasteiger partial charge in [-0.25, -0.2) is 4.84 Å². The minimum Gasteiger partial charge on any atom is -0.328 e. The largest absolute Gasteiger partial charge is 0.328 e. The first-order valence-electron chi connectivity index (χ1n) is 2.05. The zero-order valence-corrected chi connectivity index (χ0v) is 5.98. The minimum absolute atomic E-state index is 0.262. The Balaban J connectivity index is 4.14. The standard InChI is InChI=1S/C2H7ClN2O3S/c3-5-2(1-4)9(6,7)8/h2,5H,1,4H2,(H,6,7,8). The molecule has 0 amide bonds. The molecule has 0 bridgehead atoms. The topological polar surface area (TPSA) is 92.4 Å². The van der Waals surface area contributed by atoms with Crippen molar-refractivity contribution in [1.82, 2.24) is 4.84 Å². The molecule has 7 heteroatoms. The van der Waals surface area contributed by atoms with Crippen LogP contribution in [0.1, 0.15) is 0 Å². The van der Waals surface area contributed by atoms with Crippen molar-refractivity contribution in [3.05, 3.63) is 0 Å². The van der Waals surface area contributed by atoms with Gasteiger partial charge in [0.1, 0.15) is 0 Å². The van der Waals surface area contributed by atoms with Crippen molar-refractivity contribution in [2.45, 2.75) is 5.37 Å². The predicted octanol–water partition coefficient (Wildman–Crippen LogP) is -1.10. The number of nitrogens with two attached hydrogens (primary N) is 1. The molecule has 1 atom stereocenters. The van der Waals surface area contributed by atoms with E-state index in [0.29, 0.717) is 0 Å². The number of hydrogen-bond acceptors (Lipinski definition) is 4. The van der Waals surface area contributed by atoms with Crippen molar-refractivity contribution < 1.29 is 13.0 Å². The van der Waals surface area contributed by atoms with Crippen LogP contribution in [-0.2, 0) is 10.1 Å². The molecule has 0 aliphatic heterocycles. The maximum atomic E-state index is 10.1. The lowest BCUT2D eigenvalue weighted by molar-refractivity contribution is 0.464. The Morgan fingerprint density at radius 1 is 1.78 bits per heavy atom. The van der Waals surface area contributed by atoms with E-state index in [9.17, 15) is 8.42 Å². The highest BCUT2D eigenvalue weighted by molar-refractivity contribution is 7.86. The molecule has 0 aliphatic rings. The predicted molar refractivity (Wildman–Crippen MR) is 33.4 cm³/mol. The van der Waals surface area contributed by atoms with Gasteiger partial charge < -0.3 is 5.73 Å². The van der Waals surface area contributed by atoms with Gasteiger partial charge in [-0.15, -0.1) is 0 Å². The Kier molecular flexibility index (Phi) is 3.37. The third-order valence-corrected chi connectivity index (χ3v) is 2.12. The van der Waals surface area contributed by atoms with Crippen LogP contribution in [-0.4, -0.2) is 24.9 Å². The van der Waals surface area contributed by atoms with Gasteiger partial charge >= 0.3 is 0 Å². The molecule has 0 aromatic heterocycles. The Morgan fingerprint density at radius 2 is 2.22 bits per heavy atom. The molecule has 0 spiro atoms. The molecule has 0 aliphatic carbocycles. The second-order valence-electron chi connectivity index (χ2n) is 1.35. The fourth-order valence-electron chi connectivity index (χ4n) is 0.222. The molecule has 0 saturated heterocycles. The number of rotatable bonds is 3. The normalized spacial score (nSPS) is 15.4. The Morgan fingerprint density at radius 3 is 2.22 bits per heavy atom. The van der Waals surface area contributed by atoms with Crippen molar-refractivity contribution in [3.63, 3.8) is 0 Å². The van der Waals surface area contributed by atoms with Gasteiger partial charge in [0.2, 0.25) is 0 Å². The fourth-order valence-corrected chi connectivity index (χ4v) is 1.01. The van der Waals surface area contributed by atoms with Crippen LogP contribution >= 0.6 is 11.8 Å². The van der Waals surface area contributed by atoms with Crippen LogP contribution in [0.2, 0.25) is 0 Å². The second-order valence-corrected chi connectivity index (χ2v) is 3.17. The molecule has 4 N–H and O–H groups in total. The Bertz CT molecular complexity index is 163. The monoisotopic (exact) mass is 174 g/mol. The SMILES string of the molecule is NCC(NCl)S(=O)(=O)O. The van der Waals surface area contributed by atoms with E-state index in [2.05, 4.69) is 0 Å². The summed E-state index contributed by atoms with van der Waals surface area (Å²) >= 11 is 4.88. The van der Waals surface area contributed by atoms with Crippen molar-refractivity contribution in [2.75, 3.05) is 6.54 Å². The van der Waals surface area contributed by atoms with Crippen molar-refractivity contribution in [3.8, 4) is 0 Å². The molecule has 0 aromatic rings. The molecule has 5 nitrogen and oxygen atoms in total. The lowest BCUT2D eigenvalue weighted by atomic mass is 10.7. The molecule has 0 rings (SSSR count). The van der Waals surface area contributed by atoms with E-state index in [1.54, 1.807) is 4.84 Å². The summed E-state index contributed by atoms with van der Waals surface area (Å²) < 4.78 is 28.5. The van der Waals surface area contributed by atoms with E-state index < -0.39 is 15.5 Å². The molecule has 0 saturated carbocycles. The highest BCUT2D eigenvalue weighted by Crippen LogP contribution is 1.91. The fraction of sp³-hybridized carbons (Fsp3) is 1.00. The van der Waals surface area contributed by atoms with Gasteiger partial charge in [0.15, 0.2) is 5.37 Å². The van der Waals surface area contributed by atoms with Gasteiger partial charge in [0.25, 0.3) is 10.1 Å². The van der Waals surface area contributed by atoms with Crippen molar-refractivity contribution >= 4 is 21.9 Å². The smallest absolute Gasteiger partial charge is 0.283 e. The number of hydrogen-bond donors (Lipinski definition) is 3. The summed E-state index contributed by atoms with van der Waals surface area (Å²) in [5.41, 5.74) is 4.88. The van der Waals surface area contributed by atoms with Crippen LogP contribution in [0.3, 0.4) is 0 Å². The van der Waals surface area contributed by atoms with Gasteiger partial charge in [-0.2, -0.15) is 8.42 Å². The zero-order chi connectivity index (χ0) is 7.49. The third-order valence-electron chi connectivity index (χ3n) is 0.695. The summed E-state index contributed by atoms with van der Waals surface area (Å²) in [5.74, 6) is 0. The molecular formula is C2H7ClN2O3S. The maximum absolute atomic E-state index is 10.1. The first-order valence-corrected chi connectivity index (χ1v) is 3.93. The zero-order valence-electron chi connectivity index (χ0n) is 4.41. The van der Waals surface area contributed by atoms with Gasteiger partial charge in [-0.1, -0.05) is 0 Å². The van der Waals surface area contributed by atoms with Crippen molar-refractivity contribution in [2.24, 2.45) is 5.73 Å². The summed E-state index contributed by atoms with van der Waals surface area (Å²) in [5, 5.41) is -1.28. The van der Waals surface area contributed by atoms with E-state index in [1.165, 1.54) is 0 Å². The van der Waals surface area contributed by atoms with E-state index in [0.717, 1.165) is 0 Å². The summed E-state index contributed by atoms with van der Waals surface area (Å²) in [6.45, 7) is -0.262. The van der Waals surface area contributed by atoms with Crippen LogP contribution in [0, 0.1) is 0 Å². The highest BCUT2D eigenvalue weighted by Gasteiger charge is 2.18. The van der Waals surface area contributed by atoms with E-state index in [4.69, 9.17) is 22.1 Å². The first-order chi connectivity index (χ1) is 4.02. The Hall–Kier alpha value is 0.120. The lowest BCUT2D eigenvalue weighted by Gasteiger charge is -2.05. The summed E-state index contributed by atoms with van der Waals surface area (Å²) in [4.78, 5) is 1.80. The average molecular weight is 175 g/mol. The number of nitrogens with one attached hydrogen (secondary N) is 1. The van der Waals surface area contributed by atoms with Gasteiger partial charge in [-0.3, -0.25) is 4.55 Å². The van der Waals surface area contributed by atoms with Crippen LogP contribution in [0.25, 0.3) is 0 Å². The van der Waals surface area contributed by atoms with E-state index in [1.807, 2.05) is 0 Å². The molecule has 0 heterocycles. The quantitative estimate of drug-likeness (QED) is 0.373. The molecule has 0 fully saturated rings. The highest BCUT2D eigenvalue weighted by atomic mass is 35.5. The Labute approximate surface area is 58.0 Å². The maximum Gasteiger partial charge on any atom is 0.283 e. The van der Waals surface area contributed by atoms with Gasteiger partial charge in [0.05, 0.1) is 0 Å². The molecular weight excluding hydrogens is 168 g/mol. The van der Waals surface area contributed by atoms with Crippen LogP contribution in [0.5, 0.6) is 0 Å². The van der Waals surface area contributed by atoms with E-state index in [-0.39, 0.29) is 6.54 Å². The van der Waals surface area contributed by atoms with E-state index >= 15 is 0 Å². The summed E-state index contributed by atoms with van der Waals surface area (Å²) in [7, 11) is -4.13. The third kappa shape index (κ3) is 2.97. The summed E-state index contributed by atoms with van der Waals surface area (Å²) in [6.07, 6.45) is 0. The van der Waals surface area contributed by atoms with Crippen LogP contribution in [0.4, 0.5) is 0 Å². The molecule has 56 valence electrons. The van der Waals surface area contributed by atoms with Gasteiger partial charge in [0, 0.05) is 6.54 Å². The lowest BCUT2D eigenvalue weighted by Crippen LogP contribution is -2.37. The van der Waals surface area contributed by atoms with Gasteiger partial charge in [-0.05, 0) is 11.8 Å². The molecule has 9 heavy (non-hydrogen) atoms. The first kappa shape index (κ1) is 9.12.